The van der Waals surface area contributed by atoms with Crippen molar-refractivity contribution in [2.45, 2.75) is 26.7 Å². The minimum absolute atomic E-state index is 0.797. The minimum atomic E-state index is 0.797. The molecular weight excluding hydrogens is 244 g/mol. The van der Waals surface area contributed by atoms with Gasteiger partial charge in [0.15, 0.2) is 5.13 Å². The van der Waals surface area contributed by atoms with Crippen molar-refractivity contribution in [2.24, 2.45) is 5.73 Å². The first-order valence-corrected chi connectivity index (χ1v) is 7.63. The Hall–Kier alpha value is -0.650. The molecule has 0 amide bonds. The van der Waals surface area contributed by atoms with E-state index in [-0.39, 0.29) is 0 Å². The van der Waals surface area contributed by atoms with Gasteiger partial charge in [0.2, 0.25) is 0 Å². The average Bonchev–Trinajstić information content (AvgIpc) is 2.57. The van der Waals surface area contributed by atoms with Crippen molar-refractivity contribution in [3.63, 3.8) is 0 Å². The quantitative estimate of drug-likeness (QED) is 0.901. The summed E-state index contributed by atoms with van der Waals surface area (Å²) in [5, 5.41) is 1.20. The van der Waals surface area contributed by atoms with E-state index in [4.69, 9.17) is 5.73 Å². The molecule has 4 nitrogen and oxygen atoms in total. The van der Waals surface area contributed by atoms with Crippen molar-refractivity contribution in [1.82, 2.24) is 9.88 Å². The minimum Gasteiger partial charge on any atom is -0.347 e. The molecule has 0 radical (unpaired) electrons. The number of rotatable bonds is 4. The van der Waals surface area contributed by atoms with Crippen molar-refractivity contribution >= 4 is 16.5 Å². The van der Waals surface area contributed by atoms with Crippen molar-refractivity contribution in [3.05, 3.63) is 10.6 Å². The highest BCUT2D eigenvalue weighted by Crippen LogP contribution is 2.25. The van der Waals surface area contributed by atoms with Crippen LogP contribution in [0.1, 0.15) is 23.4 Å². The lowest BCUT2D eigenvalue weighted by molar-refractivity contribution is 0.291. The number of nitrogens with zero attached hydrogens (tertiary/aromatic N) is 3. The van der Waals surface area contributed by atoms with Crippen LogP contribution in [0.15, 0.2) is 0 Å². The maximum Gasteiger partial charge on any atom is 0.185 e. The maximum atomic E-state index is 5.58. The van der Waals surface area contributed by atoms with E-state index >= 15 is 0 Å². The van der Waals surface area contributed by atoms with Crippen molar-refractivity contribution in [2.75, 3.05) is 44.2 Å². The SMILES string of the molecule is Cc1nc(N2CCCN(CCCN)CC2)sc1C. The van der Waals surface area contributed by atoms with Crippen LogP contribution in [-0.4, -0.2) is 49.2 Å². The van der Waals surface area contributed by atoms with E-state index in [1.54, 1.807) is 0 Å². The van der Waals surface area contributed by atoms with Crippen LogP contribution in [0.5, 0.6) is 0 Å². The molecule has 1 aromatic heterocycles. The number of hydrogen-bond donors (Lipinski definition) is 1. The molecule has 1 aliphatic rings. The molecule has 5 heteroatoms. The lowest BCUT2D eigenvalue weighted by Crippen LogP contribution is -2.32. The largest absolute Gasteiger partial charge is 0.347 e. The number of aryl methyl sites for hydroxylation is 2. The third-order valence-corrected chi connectivity index (χ3v) is 4.69. The van der Waals surface area contributed by atoms with Gasteiger partial charge in [0.05, 0.1) is 5.69 Å². The number of hydrogen-bond acceptors (Lipinski definition) is 5. The average molecular weight is 268 g/mol. The van der Waals surface area contributed by atoms with Gasteiger partial charge in [-0.25, -0.2) is 4.98 Å². The van der Waals surface area contributed by atoms with E-state index in [1.165, 1.54) is 28.7 Å². The van der Waals surface area contributed by atoms with E-state index in [2.05, 4.69) is 28.6 Å². The molecule has 2 heterocycles. The molecule has 2 rings (SSSR count). The summed E-state index contributed by atoms with van der Waals surface area (Å²) in [6, 6.07) is 0. The molecule has 1 saturated heterocycles. The molecule has 0 aromatic carbocycles. The van der Waals surface area contributed by atoms with E-state index in [9.17, 15) is 0 Å². The van der Waals surface area contributed by atoms with Gasteiger partial charge >= 0.3 is 0 Å². The molecule has 1 aliphatic heterocycles. The van der Waals surface area contributed by atoms with Crippen LogP contribution >= 0.6 is 11.3 Å². The third kappa shape index (κ3) is 3.43. The molecule has 0 atom stereocenters. The van der Waals surface area contributed by atoms with Gasteiger partial charge in [-0.1, -0.05) is 0 Å². The summed E-state index contributed by atoms with van der Waals surface area (Å²) in [6.07, 6.45) is 2.33. The Morgan fingerprint density at radius 1 is 1.22 bits per heavy atom. The van der Waals surface area contributed by atoms with Crippen LogP contribution in [-0.2, 0) is 0 Å². The van der Waals surface area contributed by atoms with Gasteiger partial charge in [0, 0.05) is 24.5 Å². The molecule has 0 unspecified atom stereocenters. The van der Waals surface area contributed by atoms with Gasteiger partial charge in [-0.3, -0.25) is 0 Å². The summed E-state index contributed by atoms with van der Waals surface area (Å²) in [6.45, 7) is 10.7. The topological polar surface area (TPSA) is 45.4 Å². The normalized spacial score (nSPS) is 18.1. The summed E-state index contributed by atoms with van der Waals surface area (Å²) in [5.41, 5.74) is 6.76. The zero-order valence-corrected chi connectivity index (χ0v) is 12.3. The Morgan fingerprint density at radius 2 is 2.06 bits per heavy atom. The van der Waals surface area contributed by atoms with Crippen LogP contribution in [0.3, 0.4) is 0 Å². The van der Waals surface area contributed by atoms with Gasteiger partial charge in [-0.05, 0) is 46.3 Å². The first-order valence-electron chi connectivity index (χ1n) is 6.82. The van der Waals surface area contributed by atoms with Crippen molar-refractivity contribution in [3.8, 4) is 0 Å². The van der Waals surface area contributed by atoms with Gasteiger partial charge < -0.3 is 15.5 Å². The first-order chi connectivity index (χ1) is 8.70. The Balaban J connectivity index is 1.92. The summed E-state index contributed by atoms with van der Waals surface area (Å²) >= 11 is 1.83. The first kappa shape index (κ1) is 13.8. The number of thiazole rings is 1. The Bertz CT molecular complexity index is 358. The van der Waals surface area contributed by atoms with Gasteiger partial charge in [0.1, 0.15) is 0 Å². The van der Waals surface area contributed by atoms with Crippen LogP contribution in [0.4, 0.5) is 5.13 Å². The fourth-order valence-electron chi connectivity index (χ4n) is 2.29. The van der Waals surface area contributed by atoms with Crippen LogP contribution in [0.25, 0.3) is 0 Å². The Kier molecular flexibility index (Phi) is 4.97. The Morgan fingerprint density at radius 3 is 2.72 bits per heavy atom. The summed E-state index contributed by atoms with van der Waals surface area (Å²) in [4.78, 5) is 11.0. The summed E-state index contributed by atoms with van der Waals surface area (Å²) in [7, 11) is 0. The second kappa shape index (κ2) is 6.50. The van der Waals surface area contributed by atoms with E-state index < -0.39 is 0 Å². The molecule has 18 heavy (non-hydrogen) atoms. The lowest BCUT2D eigenvalue weighted by Gasteiger charge is -2.21. The zero-order valence-electron chi connectivity index (χ0n) is 11.5. The predicted octanol–water partition coefficient (Wildman–Crippen LogP) is 1.62. The molecule has 102 valence electrons. The molecule has 1 aromatic rings. The van der Waals surface area contributed by atoms with Gasteiger partial charge in [-0.15, -0.1) is 11.3 Å². The molecule has 0 bridgehead atoms. The van der Waals surface area contributed by atoms with Crippen molar-refractivity contribution < 1.29 is 0 Å². The zero-order chi connectivity index (χ0) is 13.0. The number of nitrogens with two attached hydrogens (primary N) is 1. The smallest absolute Gasteiger partial charge is 0.185 e. The highest BCUT2D eigenvalue weighted by molar-refractivity contribution is 7.15. The number of aromatic nitrogens is 1. The third-order valence-electron chi connectivity index (χ3n) is 3.55. The highest BCUT2D eigenvalue weighted by Gasteiger charge is 2.17. The monoisotopic (exact) mass is 268 g/mol. The second-order valence-electron chi connectivity index (χ2n) is 4.96. The maximum absolute atomic E-state index is 5.58. The standard InChI is InChI=1S/C13H24N4S/c1-11-12(2)18-13(15-11)17-8-4-7-16(9-10-17)6-3-5-14/h3-10,14H2,1-2H3. The van der Waals surface area contributed by atoms with Gasteiger partial charge in [0.25, 0.3) is 0 Å². The molecular formula is C13H24N4S. The van der Waals surface area contributed by atoms with E-state index in [0.717, 1.165) is 39.1 Å². The highest BCUT2D eigenvalue weighted by atomic mass is 32.1. The van der Waals surface area contributed by atoms with E-state index in [1.807, 2.05) is 11.3 Å². The molecule has 0 spiro atoms. The predicted molar refractivity (Wildman–Crippen MR) is 78.5 cm³/mol. The fraction of sp³-hybridized carbons (Fsp3) is 0.769. The van der Waals surface area contributed by atoms with Crippen LogP contribution in [0.2, 0.25) is 0 Å². The van der Waals surface area contributed by atoms with E-state index in [0.29, 0.717) is 0 Å². The summed E-state index contributed by atoms with van der Waals surface area (Å²) in [5.74, 6) is 0. The van der Waals surface area contributed by atoms with Crippen molar-refractivity contribution in [1.29, 1.82) is 0 Å². The molecule has 0 saturated carbocycles. The fourth-order valence-corrected chi connectivity index (χ4v) is 3.25. The van der Waals surface area contributed by atoms with Crippen LogP contribution in [0, 0.1) is 13.8 Å². The summed E-state index contributed by atoms with van der Waals surface area (Å²) < 4.78 is 0. The van der Waals surface area contributed by atoms with Gasteiger partial charge in [-0.2, -0.15) is 0 Å². The number of anilines is 1. The Labute approximate surface area is 114 Å². The van der Waals surface area contributed by atoms with Crippen LogP contribution < -0.4 is 10.6 Å². The lowest BCUT2D eigenvalue weighted by atomic mass is 10.3. The molecule has 0 aliphatic carbocycles. The molecule has 1 fully saturated rings. The second-order valence-corrected chi connectivity index (χ2v) is 6.14. The molecule has 2 N–H and O–H groups in total.